The van der Waals surface area contributed by atoms with Crippen molar-refractivity contribution in [2.24, 2.45) is 0 Å². The molecule has 1 atom stereocenters. The minimum absolute atomic E-state index is 0.249. The molecule has 0 bridgehead atoms. The van der Waals surface area contributed by atoms with Gasteiger partial charge in [-0.15, -0.1) is 0 Å². The standard InChI is InChI=1S/C13H18ClNO/c1-10(15-7-3-2-4-8-15)12-9-11(14)5-6-13(12)16/h5-6,9-10,16H,2-4,7-8H2,1H3. The predicted molar refractivity (Wildman–Crippen MR) is 67.0 cm³/mol. The SMILES string of the molecule is CC(c1cc(Cl)ccc1O)N1CCCCC1. The van der Waals surface area contributed by atoms with Gasteiger partial charge < -0.3 is 5.11 Å². The minimum Gasteiger partial charge on any atom is -0.508 e. The average Bonchev–Trinajstić information content (AvgIpc) is 2.32. The van der Waals surface area contributed by atoms with Crippen LogP contribution in [-0.2, 0) is 0 Å². The van der Waals surface area contributed by atoms with Crippen LogP contribution in [0.4, 0.5) is 0 Å². The van der Waals surface area contributed by atoms with Gasteiger partial charge in [0.2, 0.25) is 0 Å². The smallest absolute Gasteiger partial charge is 0.120 e. The number of aromatic hydroxyl groups is 1. The Kier molecular flexibility index (Phi) is 3.72. The largest absolute Gasteiger partial charge is 0.508 e. The Morgan fingerprint density at radius 1 is 1.25 bits per heavy atom. The van der Waals surface area contributed by atoms with Gasteiger partial charge in [-0.05, 0) is 51.1 Å². The van der Waals surface area contributed by atoms with Gasteiger partial charge in [-0.25, -0.2) is 0 Å². The zero-order valence-electron chi connectivity index (χ0n) is 9.62. The third-order valence-corrected chi connectivity index (χ3v) is 3.61. The summed E-state index contributed by atoms with van der Waals surface area (Å²) < 4.78 is 0. The van der Waals surface area contributed by atoms with E-state index in [1.807, 2.05) is 6.07 Å². The topological polar surface area (TPSA) is 23.5 Å². The number of nitrogens with zero attached hydrogens (tertiary/aromatic N) is 1. The maximum Gasteiger partial charge on any atom is 0.120 e. The highest BCUT2D eigenvalue weighted by Gasteiger charge is 2.20. The first-order chi connectivity index (χ1) is 7.68. The second-order valence-electron chi connectivity index (χ2n) is 4.48. The number of hydrogen-bond donors (Lipinski definition) is 1. The molecule has 0 spiro atoms. The molecule has 1 unspecified atom stereocenters. The van der Waals surface area contributed by atoms with Crippen LogP contribution in [0.1, 0.15) is 37.8 Å². The fraction of sp³-hybridized carbons (Fsp3) is 0.538. The summed E-state index contributed by atoms with van der Waals surface area (Å²) in [7, 11) is 0. The summed E-state index contributed by atoms with van der Waals surface area (Å²) in [6, 6.07) is 5.52. The fourth-order valence-corrected chi connectivity index (χ4v) is 2.54. The second kappa shape index (κ2) is 5.07. The summed E-state index contributed by atoms with van der Waals surface area (Å²) in [6.07, 6.45) is 3.84. The van der Waals surface area contributed by atoms with Crippen LogP contribution in [0.15, 0.2) is 18.2 Å². The van der Waals surface area contributed by atoms with E-state index >= 15 is 0 Å². The minimum atomic E-state index is 0.249. The van der Waals surface area contributed by atoms with Crippen molar-refractivity contribution in [3.05, 3.63) is 28.8 Å². The van der Waals surface area contributed by atoms with Crippen molar-refractivity contribution in [2.45, 2.75) is 32.2 Å². The number of benzene rings is 1. The molecule has 1 aromatic carbocycles. The summed E-state index contributed by atoms with van der Waals surface area (Å²) >= 11 is 5.97. The lowest BCUT2D eigenvalue weighted by Gasteiger charge is -2.32. The van der Waals surface area contributed by atoms with E-state index in [1.165, 1.54) is 19.3 Å². The maximum absolute atomic E-state index is 9.85. The highest BCUT2D eigenvalue weighted by atomic mass is 35.5. The Balaban J connectivity index is 2.18. The van der Waals surface area contributed by atoms with Crippen molar-refractivity contribution >= 4 is 11.6 Å². The molecular weight excluding hydrogens is 222 g/mol. The molecule has 2 rings (SSSR count). The molecule has 1 heterocycles. The third kappa shape index (κ3) is 2.50. The molecule has 0 radical (unpaired) electrons. The van der Waals surface area contributed by atoms with Gasteiger partial charge in [-0.3, -0.25) is 4.90 Å². The molecule has 1 fully saturated rings. The van der Waals surface area contributed by atoms with E-state index in [-0.39, 0.29) is 6.04 Å². The summed E-state index contributed by atoms with van der Waals surface area (Å²) in [5.74, 6) is 0.350. The van der Waals surface area contributed by atoms with Gasteiger partial charge in [0.1, 0.15) is 5.75 Å². The molecule has 1 aliphatic rings. The predicted octanol–water partition coefficient (Wildman–Crippen LogP) is 3.59. The van der Waals surface area contributed by atoms with Gasteiger partial charge in [0, 0.05) is 16.6 Å². The van der Waals surface area contributed by atoms with E-state index in [0.29, 0.717) is 10.8 Å². The zero-order chi connectivity index (χ0) is 11.5. The quantitative estimate of drug-likeness (QED) is 0.853. The molecule has 0 saturated carbocycles. The van der Waals surface area contributed by atoms with Crippen molar-refractivity contribution < 1.29 is 5.11 Å². The van der Waals surface area contributed by atoms with E-state index in [1.54, 1.807) is 12.1 Å². The number of likely N-dealkylation sites (tertiary alicyclic amines) is 1. The summed E-state index contributed by atoms with van der Waals surface area (Å²) in [6.45, 7) is 4.37. The monoisotopic (exact) mass is 239 g/mol. The molecule has 3 heteroatoms. The van der Waals surface area contributed by atoms with Crippen LogP contribution in [0, 0.1) is 0 Å². The van der Waals surface area contributed by atoms with Gasteiger partial charge in [0.25, 0.3) is 0 Å². The van der Waals surface area contributed by atoms with E-state index < -0.39 is 0 Å². The van der Waals surface area contributed by atoms with Crippen LogP contribution in [0.3, 0.4) is 0 Å². The van der Waals surface area contributed by atoms with Gasteiger partial charge in [0.05, 0.1) is 0 Å². The molecule has 16 heavy (non-hydrogen) atoms. The van der Waals surface area contributed by atoms with Gasteiger partial charge in [0.15, 0.2) is 0 Å². The number of halogens is 1. The lowest BCUT2D eigenvalue weighted by Crippen LogP contribution is -2.32. The van der Waals surface area contributed by atoms with Crippen LogP contribution in [-0.4, -0.2) is 23.1 Å². The van der Waals surface area contributed by atoms with Gasteiger partial charge in [-0.1, -0.05) is 18.0 Å². The van der Waals surface area contributed by atoms with Gasteiger partial charge in [-0.2, -0.15) is 0 Å². The van der Waals surface area contributed by atoms with E-state index in [2.05, 4.69) is 11.8 Å². The molecule has 1 aromatic rings. The number of piperidine rings is 1. The van der Waals surface area contributed by atoms with Crippen LogP contribution < -0.4 is 0 Å². The highest BCUT2D eigenvalue weighted by molar-refractivity contribution is 6.30. The van der Waals surface area contributed by atoms with Crippen LogP contribution in [0.2, 0.25) is 5.02 Å². The fourth-order valence-electron chi connectivity index (χ4n) is 2.36. The molecule has 1 saturated heterocycles. The normalized spacial score (nSPS) is 19.6. The summed E-state index contributed by atoms with van der Waals surface area (Å²) in [5.41, 5.74) is 0.939. The Labute approximate surface area is 102 Å². The Bertz CT molecular complexity index is 361. The van der Waals surface area contributed by atoms with Crippen molar-refractivity contribution in [1.82, 2.24) is 4.90 Å². The molecular formula is C13H18ClNO. The maximum atomic E-state index is 9.85. The first-order valence-corrected chi connectivity index (χ1v) is 6.29. The molecule has 88 valence electrons. The zero-order valence-corrected chi connectivity index (χ0v) is 10.4. The van der Waals surface area contributed by atoms with E-state index in [9.17, 15) is 5.11 Å². The van der Waals surface area contributed by atoms with Crippen molar-refractivity contribution in [3.63, 3.8) is 0 Å². The Morgan fingerprint density at radius 2 is 1.94 bits per heavy atom. The summed E-state index contributed by atoms with van der Waals surface area (Å²) in [4.78, 5) is 2.41. The van der Waals surface area contributed by atoms with Crippen LogP contribution in [0.5, 0.6) is 5.75 Å². The van der Waals surface area contributed by atoms with Gasteiger partial charge >= 0.3 is 0 Å². The molecule has 0 aromatic heterocycles. The lowest BCUT2D eigenvalue weighted by molar-refractivity contribution is 0.172. The molecule has 1 aliphatic heterocycles. The second-order valence-corrected chi connectivity index (χ2v) is 4.91. The Hall–Kier alpha value is -0.730. The summed E-state index contributed by atoms with van der Waals surface area (Å²) in [5, 5.41) is 10.5. The first-order valence-electron chi connectivity index (χ1n) is 5.91. The van der Waals surface area contributed by atoms with Crippen molar-refractivity contribution in [2.75, 3.05) is 13.1 Å². The number of rotatable bonds is 2. The average molecular weight is 240 g/mol. The lowest BCUT2D eigenvalue weighted by atomic mass is 10.0. The molecule has 2 nitrogen and oxygen atoms in total. The number of hydrogen-bond acceptors (Lipinski definition) is 2. The van der Waals surface area contributed by atoms with E-state index in [0.717, 1.165) is 18.7 Å². The molecule has 1 N–H and O–H groups in total. The molecule has 0 amide bonds. The van der Waals surface area contributed by atoms with Crippen LogP contribution >= 0.6 is 11.6 Å². The third-order valence-electron chi connectivity index (χ3n) is 3.38. The van der Waals surface area contributed by atoms with Crippen molar-refractivity contribution in [1.29, 1.82) is 0 Å². The molecule has 0 aliphatic carbocycles. The van der Waals surface area contributed by atoms with Crippen LogP contribution in [0.25, 0.3) is 0 Å². The van der Waals surface area contributed by atoms with E-state index in [4.69, 9.17) is 11.6 Å². The number of phenolic OH excluding ortho intramolecular Hbond substituents is 1. The Morgan fingerprint density at radius 3 is 2.62 bits per heavy atom. The number of phenols is 1. The highest BCUT2D eigenvalue weighted by Crippen LogP contribution is 2.32. The van der Waals surface area contributed by atoms with Crippen molar-refractivity contribution in [3.8, 4) is 5.75 Å². The first kappa shape index (κ1) is 11.7.